The van der Waals surface area contributed by atoms with E-state index in [-0.39, 0.29) is 11.9 Å². The van der Waals surface area contributed by atoms with Gasteiger partial charge in [0.05, 0.1) is 26.2 Å². The highest BCUT2D eigenvalue weighted by Gasteiger charge is 2.50. The highest BCUT2D eigenvalue weighted by atomic mass is 16.2. The standard InChI is InChI=1S/C23H24N6O2/c1-23(19-9-4-7-17-6-2-3-8-18(17)19)20(30)29(22(31)26-23)16-27-12-14-28(15-13-27)21-24-10-5-11-25-21/h2-11H,12-16H2,1H3,(H,26,31)/p+1/t23-/m1/s1. The van der Waals surface area contributed by atoms with E-state index in [1.54, 1.807) is 25.4 Å². The fraction of sp³-hybridized carbons (Fsp3) is 0.304. The third kappa shape index (κ3) is 3.38. The maximum Gasteiger partial charge on any atom is 0.329 e. The van der Waals surface area contributed by atoms with E-state index in [4.69, 9.17) is 0 Å². The summed E-state index contributed by atoms with van der Waals surface area (Å²) in [6.07, 6.45) is 3.48. The van der Waals surface area contributed by atoms with Crippen molar-refractivity contribution in [3.05, 3.63) is 66.5 Å². The Bertz CT molecular complexity index is 1120. The Morgan fingerprint density at radius 2 is 1.71 bits per heavy atom. The van der Waals surface area contributed by atoms with Crippen LogP contribution in [0.3, 0.4) is 0 Å². The number of quaternary nitrogens is 1. The minimum Gasteiger partial charge on any atom is -0.330 e. The molecule has 0 saturated carbocycles. The number of hydrogen-bond acceptors (Lipinski definition) is 5. The van der Waals surface area contributed by atoms with Gasteiger partial charge in [0.1, 0.15) is 5.54 Å². The molecule has 3 aromatic rings. The van der Waals surface area contributed by atoms with Gasteiger partial charge in [-0.25, -0.2) is 19.7 Å². The first-order valence-electron chi connectivity index (χ1n) is 10.5. The van der Waals surface area contributed by atoms with Crippen molar-refractivity contribution < 1.29 is 14.5 Å². The Morgan fingerprint density at radius 1 is 1.00 bits per heavy atom. The van der Waals surface area contributed by atoms with Crippen molar-refractivity contribution in [3.8, 4) is 0 Å². The maximum atomic E-state index is 13.4. The Hall–Kier alpha value is -3.52. The molecule has 8 heteroatoms. The van der Waals surface area contributed by atoms with E-state index < -0.39 is 5.54 Å². The molecule has 3 amide bonds. The predicted octanol–water partition coefficient (Wildman–Crippen LogP) is 0.759. The zero-order chi connectivity index (χ0) is 21.4. The SMILES string of the molecule is C[C@]1(c2cccc3ccccc23)NC(=O)N(C[NH+]2CCN(c3ncccn3)CC2)C1=O. The molecule has 0 radical (unpaired) electrons. The molecule has 1 atom stereocenters. The van der Waals surface area contributed by atoms with Gasteiger partial charge in [0, 0.05) is 12.4 Å². The van der Waals surface area contributed by atoms with Crippen LogP contribution in [0.1, 0.15) is 12.5 Å². The van der Waals surface area contributed by atoms with Crippen LogP contribution in [0, 0.1) is 0 Å². The van der Waals surface area contributed by atoms with Crippen LogP contribution in [0.5, 0.6) is 0 Å². The number of fused-ring (bicyclic) bond motifs is 1. The van der Waals surface area contributed by atoms with Crippen LogP contribution in [0.15, 0.2) is 60.9 Å². The van der Waals surface area contributed by atoms with Crippen LogP contribution in [0.4, 0.5) is 10.7 Å². The monoisotopic (exact) mass is 417 g/mol. The number of aromatic nitrogens is 2. The number of imide groups is 1. The van der Waals surface area contributed by atoms with Crippen molar-refractivity contribution in [2.75, 3.05) is 37.7 Å². The Balaban J connectivity index is 1.32. The Labute approximate surface area is 180 Å². The zero-order valence-electron chi connectivity index (χ0n) is 17.4. The average Bonchev–Trinajstić information content (AvgIpc) is 3.03. The van der Waals surface area contributed by atoms with E-state index in [9.17, 15) is 9.59 Å². The van der Waals surface area contributed by atoms with Gasteiger partial charge in [0.15, 0.2) is 6.67 Å². The number of urea groups is 1. The second kappa shape index (κ2) is 7.63. The van der Waals surface area contributed by atoms with Crippen LogP contribution < -0.4 is 15.1 Å². The summed E-state index contributed by atoms with van der Waals surface area (Å²) in [6.45, 7) is 5.33. The van der Waals surface area contributed by atoms with Crippen LogP contribution >= 0.6 is 0 Å². The Kier molecular flexibility index (Phi) is 4.78. The van der Waals surface area contributed by atoms with Crippen molar-refractivity contribution in [1.29, 1.82) is 0 Å². The molecule has 1 aromatic heterocycles. The van der Waals surface area contributed by atoms with Gasteiger partial charge in [-0.1, -0.05) is 42.5 Å². The molecule has 5 rings (SSSR count). The molecule has 2 saturated heterocycles. The minimum atomic E-state index is -1.07. The smallest absolute Gasteiger partial charge is 0.329 e. The van der Waals surface area contributed by atoms with Crippen molar-refractivity contribution in [1.82, 2.24) is 20.2 Å². The van der Waals surface area contributed by atoms with Crippen molar-refractivity contribution >= 4 is 28.7 Å². The summed E-state index contributed by atoms with van der Waals surface area (Å²) in [5.74, 6) is 0.523. The molecule has 2 N–H and O–H groups in total. The summed E-state index contributed by atoms with van der Waals surface area (Å²) in [6, 6.07) is 15.3. The molecule has 0 bridgehead atoms. The number of rotatable bonds is 4. The zero-order valence-corrected chi connectivity index (χ0v) is 17.4. The van der Waals surface area contributed by atoms with E-state index >= 15 is 0 Å². The van der Waals surface area contributed by atoms with Gasteiger partial charge >= 0.3 is 6.03 Å². The van der Waals surface area contributed by atoms with Gasteiger partial charge in [-0.05, 0) is 29.3 Å². The normalized spacial score (nSPS) is 22.2. The summed E-state index contributed by atoms with van der Waals surface area (Å²) in [4.78, 5) is 39.6. The lowest BCUT2D eigenvalue weighted by molar-refractivity contribution is -0.907. The molecule has 2 aliphatic heterocycles. The highest BCUT2D eigenvalue weighted by molar-refractivity contribution is 6.09. The quantitative estimate of drug-likeness (QED) is 0.613. The molecule has 2 aromatic carbocycles. The summed E-state index contributed by atoms with van der Waals surface area (Å²) in [5, 5.41) is 4.98. The van der Waals surface area contributed by atoms with E-state index in [1.165, 1.54) is 9.80 Å². The third-order valence-electron chi connectivity index (χ3n) is 6.29. The van der Waals surface area contributed by atoms with Crippen molar-refractivity contribution in [2.45, 2.75) is 12.5 Å². The largest absolute Gasteiger partial charge is 0.330 e. The van der Waals surface area contributed by atoms with Crippen molar-refractivity contribution in [3.63, 3.8) is 0 Å². The van der Waals surface area contributed by atoms with E-state index in [2.05, 4.69) is 20.2 Å². The summed E-state index contributed by atoms with van der Waals surface area (Å²) < 4.78 is 0. The summed E-state index contributed by atoms with van der Waals surface area (Å²) in [7, 11) is 0. The van der Waals surface area contributed by atoms with Crippen LogP contribution in [-0.2, 0) is 10.3 Å². The van der Waals surface area contributed by atoms with Crippen LogP contribution in [0.25, 0.3) is 10.8 Å². The van der Waals surface area contributed by atoms with E-state index in [1.807, 2.05) is 42.5 Å². The van der Waals surface area contributed by atoms with Gasteiger partial charge in [-0.3, -0.25) is 4.79 Å². The first-order valence-corrected chi connectivity index (χ1v) is 10.5. The number of hydrogen-bond donors (Lipinski definition) is 2. The van der Waals surface area contributed by atoms with Crippen molar-refractivity contribution in [2.24, 2.45) is 0 Å². The van der Waals surface area contributed by atoms with Gasteiger partial charge < -0.3 is 15.1 Å². The van der Waals surface area contributed by atoms with E-state index in [0.29, 0.717) is 6.67 Å². The summed E-state index contributed by atoms with van der Waals surface area (Å²) in [5.41, 5.74) is -0.246. The Morgan fingerprint density at radius 3 is 2.48 bits per heavy atom. The summed E-state index contributed by atoms with van der Waals surface area (Å²) >= 11 is 0. The fourth-order valence-corrected chi connectivity index (χ4v) is 4.54. The van der Waals surface area contributed by atoms with Crippen LogP contribution in [0.2, 0.25) is 0 Å². The number of nitrogens with one attached hydrogen (secondary N) is 2. The lowest BCUT2D eigenvalue weighted by atomic mass is 9.88. The first kappa shape index (κ1) is 19.4. The number of carbonyl (C=O) groups is 2. The lowest BCUT2D eigenvalue weighted by Crippen LogP contribution is -3.16. The lowest BCUT2D eigenvalue weighted by Gasteiger charge is -2.33. The molecule has 0 aliphatic carbocycles. The number of benzene rings is 2. The molecule has 158 valence electrons. The van der Waals surface area contributed by atoms with Crippen LogP contribution in [-0.4, -0.2) is 59.7 Å². The second-order valence-electron chi connectivity index (χ2n) is 8.26. The molecule has 8 nitrogen and oxygen atoms in total. The first-order chi connectivity index (χ1) is 15.1. The molecule has 31 heavy (non-hydrogen) atoms. The molecular formula is C23H25N6O2+. The molecule has 2 fully saturated rings. The average molecular weight is 417 g/mol. The minimum absolute atomic E-state index is 0.199. The molecular weight excluding hydrogens is 392 g/mol. The van der Waals surface area contributed by atoms with Gasteiger partial charge in [-0.15, -0.1) is 0 Å². The highest BCUT2D eigenvalue weighted by Crippen LogP contribution is 2.33. The molecule has 2 aliphatic rings. The van der Waals surface area contributed by atoms with Gasteiger partial charge in [0.25, 0.3) is 5.91 Å². The maximum absolute atomic E-state index is 13.4. The van der Waals surface area contributed by atoms with Gasteiger partial charge in [-0.2, -0.15) is 0 Å². The number of anilines is 1. The second-order valence-corrected chi connectivity index (χ2v) is 8.26. The molecule has 3 heterocycles. The van der Waals surface area contributed by atoms with Gasteiger partial charge in [0.2, 0.25) is 5.95 Å². The molecule has 0 unspecified atom stereocenters. The number of amides is 3. The fourth-order valence-electron chi connectivity index (χ4n) is 4.54. The van der Waals surface area contributed by atoms with E-state index in [0.717, 1.165) is 48.5 Å². The third-order valence-corrected chi connectivity index (χ3v) is 6.29. The number of piperazine rings is 1. The molecule has 0 spiro atoms. The topological polar surface area (TPSA) is 82.9 Å². The number of carbonyl (C=O) groups excluding carboxylic acids is 2. The number of nitrogens with zero attached hydrogens (tertiary/aromatic N) is 4. The predicted molar refractivity (Wildman–Crippen MR) is 116 cm³/mol.